The van der Waals surface area contributed by atoms with Gasteiger partial charge in [0.2, 0.25) is 5.88 Å². The Hall–Kier alpha value is -3.35. The molecule has 0 bridgehead atoms. The minimum absolute atomic E-state index is 0.230. The van der Waals surface area contributed by atoms with Crippen LogP contribution in [0.5, 0.6) is 11.6 Å². The highest BCUT2D eigenvalue weighted by Crippen LogP contribution is 2.48. The number of ether oxygens (including phenoxy) is 2. The van der Waals surface area contributed by atoms with Crippen LogP contribution in [-0.2, 0) is 4.79 Å². The third-order valence-electron chi connectivity index (χ3n) is 4.83. The smallest absolute Gasteiger partial charge is 0.334 e. The van der Waals surface area contributed by atoms with Gasteiger partial charge in [-0.25, -0.2) is 9.78 Å². The van der Waals surface area contributed by atoms with Crippen LogP contribution in [-0.4, -0.2) is 43.5 Å². The van der Waals surface area contributed by atoms with Crippen molar-refractivity contribution >= 4 is 17.9 Å². The number of rotatable bonds is 5. The molecule has 3 rings (SSSR count). The van der Waals surface area contributed by atoms with Crippen molar-refractivity contribution in [1.29, 1.82) is 0 Å². The third-order valence-corrected chi connectivity index (χ3v) is 4.83. The van der Waals surface area contributed by atoms with Gasteiger partial charge < -0.3 is 19.9 Å². The fourth-order valence-corrected chi connectivity index (χ4v) is 3.61. The van der Waals surface area contributed by atoms with E-state index in [9.17, 15) is 9.90 Å². The number of carboxylic acid groups (broad SMARTS) is 1. The van der Waals surface area contributed by atoms with Crippen molar-refractivity contribution in [2.45, 2.75) is 19.8 Å². The van der Waals surface area contributed by atoms with Crippen molar-refractivity contribution in [3.8, 4) is 11.6 Å². The molecule has 1 atom stereocenters. The zero-order chi connectivity index (χ0) is 20.4. The number of aliphatic carboxylic acids is 1. The molecule has 1 aliphatic rings. The number of anilines is 1. The second-order valence-corrected chi connectivity index (χ2v) is 6.53. The zero-order valence-electron chi connectivity index (χ0n) is 16.5. The number of nitrogens with zero attached hydrogens (tertiary/aromatic N) is 2. The number of hydrogen-bond donors (Lipinski definition) is 2. The van der Waals surface area contributed by atoms with E-state index in [2.05, 4.69) is 15.3 Å². The molecule has 1 aromatic carbocycles. The monoisotopic (exact) mass is 381 g/mol. The molecule has 2 aromatic rings. The molecule has 0 radical (unpaired) electrons. The van der Waals surface area contributed by atoms with Gasteiger partial charge in [-0.1, -0.05) is 12.1 Å². The number of methoxy groups -OCH3 is 2. The number of pyridine rings is 1. The molecular formula is C21H23N3O4. The predicted octanol–water partition coefficient (Wildman–Crippen LogP) is 3.37. The number of fused-ring (bicyclic) bond motifs is 1. The van der Waals surface area contributed by atoms with Gasteiger partial charge in [-0.05, 0) is 31.0 Å². The highest BCUT2D eigenvalue weighted by molar-refractivity contribution is 5.94. The summed E-state index contributed by atoms with van der Waals surface area (Å²) in [7, 11) is 4.78. The maximum Gasteiger partial charge on any atom is 0.334 e. The van der Waals surface area contributed by atoms with E-state index >= 15 is 0 Å². The van der Waals surface area contributed by atoms with Crippen LogP contribution in [0.25, 0.3) is 0 Å². The Labute approximate surface area is 163 Å². The van der Waals surface area contributed by atoms with Crippen molar-refractivity contribution in [2.24, 2.45) is 4.99 Å². The Morgan fingerprint density at radius 1 is 1.29 bits per heavy atom. The van der Waals surface area contributed by atoms with Gasteiger partial charge in [-0.2, -0.15) is 0 Å². The Morgan fingerprint density at radius 3 is 2.64 bits per heavy atom. The summed E-state index contributed by atoms with van der Waals surface area (Å²) in [4.78, 5) is 20.6. The summed E-state index contributed by atoms with van der Waals surface area (Å²) in [6, 6.07) is 5.60. The molecule has 2 heterocycles. The van der Waals surface area contributed by atoms with Gasteiger partial charge in [-0.15, -0.1) is 0 Å². The summed E-state index contributed by atoms with van der Waals surface area (Å²) in [5.74, 6) is -0.653. The number of aliphatic imine (C=N–C) groups is 1. The van der Waals surface area contributed by atoms with E-state index in [4.69, 9.17) is 9.47 Å². The van der Waals surface area contributed by atoms with Crippen molar-refractivity contribution in [3.63, 3.8) is 0 Å². The molecule has 28 heavy (non-hydrogen) atoms. The van der Waals surface area contributed by atoms with E-state index in [1.807, 2.05) is 25.1 Å². The zero-order valence-corrected chi connectivity index (χ0v) is 16.5. The number of carbonyl (C=O) groups is 1. The molecule has 1 aliphatic heterocycles. The number of aryl methyl sites for hydroxylation is 1. The van der Waals surface area contributed by atoms with E-state index < -0.39 is 11.9 Å². The predicted molar refractivity (Wildman–Crippen MR) is 108 cm³/mol. The van der Waals surface area contributed by atoms with Crippen molar-refractivity contribution in [3.05, 3.63) is 57.9 Å². The lowest BCUT2D eigenvalue weighted by molar-refractivity contribution is -0.133. The average Bonchev–Trinajstić information content (AvgIpc) is 2.67. The standard InChI is InChI=1S/C21H23N3O4/c1-11-9-23-20(28-5)18-17(16(21(25)26)12(2)24-19(11)18)14-7-6-13(10-22-3)8-15(14)27-4/h6-10,17,24H,1-5H3,(H,25,26)/b22-10+. The molecule has 0 saturated heterocycles. The minimum Gasteiger partial charge on any atom is -0.496 e. The van der Waals surface area contributed by atoms with Gasteiger partial charge in [0, 0.05) is 30.7 Å². The van der Waals surface area contributed by atoms with Gasteiger partial charge in [0.1, 0.15) is 5.75 Å². The topological polar surface area (TPSA) is 93.0 Å². The van der Waals surface area contributed by atoms with E-state index in [0.29, 0.717) is 22.9 Å². The van der Waals surface area contributed by atoms with Gasteiger partial charge in [0.15, 0.2) is 0 Å². The first-order valence-electron chi connectivity index (χ1n) is 8.77. The van der Waals surface area contributed by atoms with Gasteiger partial charge in [0.05, 0.1) is 37.0 Å². The summed E-state index contributed by atoms with van der Waals surface area (Å²) in [6.07, 6.45) is 3.42. The van der Waals surface area contributed by atoms with Crippen LogP contribution in [0.2, 0.25) is 0 Å². The first-order valence-corrected chi connectivity index (χ1v) is 8.77. The largest absolute Gasteiger partial charge is 0.496 e. The van der Waals surface area contributed by atoms with Gasteiger partial charge >= 0.3 is 5.97 Å². The van der Waals surface area contributed by atoms with Crippen LogP contribution in [0.1, 0.15) is 35.1 Å². The van der Waals surface area contributed by atoms with E-state index in [-0.39, 0.29) is 5.57 Å². The van der Waals surface area contributed by atoms with E-state index in [0.717, 1.165) is 22.4 Å². The number of allylic oxidation sites excluding steroid dienone is 1. The molecule has 7 heteroatoms. The Kier molecular flexibility index (Phi) is 5.35. The Balaban J connectivity index is 2.35. The van der Waals surface area contributed by atoms with Crippen molar-refractivity contribution < 1.29 is 19.4 Å². The first kappa shape index (κ1) is 19.4. The molecule has 146 valence electrons. The van der Waals surface area contributed by atoms with E-state index in [1.54, 1.807) is 33.5 Å². The Bertz CT molecular complexity index is 995. The van der Waals surface area contributed by atoms with Gasteiger partial charge in [0.25, 0.3) is 0 Å². The fourth-order valence-electron chi connectivity index (χ4n) is 3.61. The molecule has 1 aromatic heterocycles. The van der Waals surface area contributed by atoms with Crippen LogP contribution < -0.4 is 14.8 Å². The maximum absolute atomic E-state index is 12.2. The average molecular weight is 381 g/mol. The van der Waals surface area contributed by atoms with Crippen LogP contribution >= 0.6 is 0 Å². The summed E-state index contributed by atoms with van der Waals surface area (Å²) < 4.78 is 11.1. The summed E-state index contributed by atoms with van der Waals surface area (Å²) in [5, 5.41) is 13.2. The second-order valence-electron chi connectivity index (χ2n) is 6.53. The molecule has 0 spiro atoms. The quantitative estimate of drug-likeness (QED) is 0.772. The van der Waals surface area contributed by atoms with Crippen molar-refractivity contribution in [2.75, 3.05) is 26.6 Å². The molecule has 0 saturated carbocycles. The third kappa shape index (κ3) is 3.19. The van der Waals surface area contributed by atoms with Gasteiger partial charge in [-0.3, -0.25) is 4.99 Å². The number of aromatic nitrogens is 1. The lowest BCUT2D eigenvalue weighted by Gasteiger charge is -2.31. The Morgan fingerprint density at radius 2 is 2.04 bits per heavy atom. The fraction of sp³-hybridized carbons (Fsp3) is 0.286. The molecule has 0 amide bonds. The van der Waals surface area contributed by atoms with Crippen LogP contribution in [0.3, 0.4) is 0 Å². The molecule has 2 N–H and O–H groups in total. The second kappa shape index (κ2) is 7.72. The maximum atomic E-state index is 12.2. The first-order chi connectivity index (χ1) is 13.4. The normalized spacial score (nSPS) is 16.0. The summed E-state index contributed by atoms with van der Waals surface area (Å²) in [6.45, 7) is 3.68. The summed E-state index contributed by atoms with van der Waals surface area (Å²) >= 11 is 0. The number of hydrogen-bond acceptors (Lipinski definition) is 6. The minimum atomic E-state index is -1.01. The number of carboxylic acids is 1. The van der Waals surface area contributed by atoms with Crippen LogP contribution in [0.4, 0.5) is 5.69 Å². The van der Waals surface area contributed by atoms with Crippen LogP contribution in [0, 0.1) is 6.92 Å². The molecule has 0 fully saturated rings. The number of benzene rings is 1. The highest BCUT2D eigenvalue weighted by atomic mass is 16.5. The number of nitrogens with one attached hydrogen (secondary N) is 1. The lowest BCUT2D eigenvalue weighted by atomic mass is 9.80. The van der Waals surface area contributed by atoms with E-state index in [1.165, 1.54) is 7.11 Å². The SMILES string of the molecule is C/N=C/c1ccc(C2C(C(=O)O)=C(C)Nc3c(C)cnc(OC)c32)c(OC)c1. The molecule has 1 unspecified atom stereocenters. The molecular weight excluding hydrogens is 358 g/mol. The van der Waals surface area contributed by atoms with Crippen LogP contribution in [0.15, 0.2) is 40.7 Å². The van der Waals surface area contributed by atoms with Crippen molar-refractivity contribution in [1.82, 2.24) is 4.98 Å². The molecule has 0 aliphatic carbocycles. The molecule has 7 nitrogen and oxygen atoms in total. The lowest BCUT2D eigenvalue weighted by Crippen LogP contribution is -2.24. The highest BCUT2D eigenvalue weighted by Gasteiger charge is 2.37. The summed E-state index contributed by atoms with van der Waals surface area (Å²) in [5.41, 5.74) is 4.78.